The number of carbonyl (C=O) groups excluding carboxylic acids is 1. The fourth-order valence-electron chi connectivity index (χ4n) is 2.60. The maximum Gasteiger partial charge on any atom is 0.240 e. The number of hydrogen-bond donors (Lipinski definition) is 0. The fourth-order valence-corrected chi connectivity index (χ4v) is 3.48. The topological polar surface area (TPSA) is 87.9 Å². The van der Waals surface area contributed by atoms with Crippen LogP contribution in [0.25, 0.3) is 11.6 Å². The molecule has 0 aliphatic heterocycles. The Morgan fingerprint density at radius 2 is 2.07 bits per heavy atom. The first-order valence-corrected chi connectivity index (χ1v) is 9.33. The van der Waals surface area contributed by atoms with Gasteiger partial charge < -0.3 is 13.9 Å². The van der Waals surface area contributed by atoms with Crippen LogP contribution in [0.15, 0.2) is 58.3 Å². The summed E-state index contributed by atoms with van der Waals surface area (Å²) in [7, 11) is 1.84. The van der Waals surface area contributed by atoms with Gasteiger partial charge in [-0.15, -0.1) is 10.2 Å². The molecule has 1 aromatic carbocycles. The first-order valence-electron chi connectivity index (χ1n) is 8.45. The van der Waals surface area contributed by atoms with E-state index in [1.807, 2.05) is 50.4 Å². The lowest BCUT2D eigenvalue weighted by atomic mass is 10.2. The molecule has 0 unspecified atom stereocenters. The van der Waals surface area contributed by atoms with E-state index in [4.69, 9.17) is 9.68 Å². The number of thioether (sulfide) groups is 1. The third-order valence-electron chi connectivity index (χ3n) is 3.99. The lowest BCUT2D eigenvalue weighted by molar-refractivity contribution is -0.117. The molecule has 138 valence electrons. The molecule has 0 spiro atoms. The molecule has 0 bridgehead atoms. The summed E-state index contributed by atoms with van der Waals surface area (Å²) in [4.78, 5) is 14.7. The second-order valence-corrected chi connectivity index (χ2v) is 7.14. The van der Waals surface area contributed by atoms with Gasteiger partial charge in [-0.1, -0.05) is 30.0 Å². The van der Waals surface area contributed by atoms with E-state index >= 15 is 0 Å². The van der Waals surface area contributed by atoms with Gasteiger partial charge in [-0.25, -0.2) is 0 Å². The van der Waals surface area contributed by atoms with Gasteiger partial charge in [0.2, 0.25) is 5.91 Å². The Morgan fingerprint density at radius 1 is 1.30 bits per heavy atom. The number of para-hydroxylation sites is 1. The van der Waals surface area contributed by atoms with Crippen molar-refractivity contribution in [1.29, 1.82) is 5.26 Å². The second-order valence-electron chi connectivity index (χ2n) is 5.84. The molecular weight excluding hydrogens is 362 g/mol. The van der Waals surface area contributed by atoms with Crippen molar-refractivity contribution in [1.82, 2.24) is 14.8 Å². The van der Waals surface area contributed by atoms with Crippen LogP contribution in [0.4, 0.5) is 5.69 Å². The third-order valence-corrected chi connectivity index (χ3v) is 5.11. The van der Waals surface area contributed by atoms with Crippen molar-refractivity contribution < 1.29 is 9.21 Å². The summed E-state index contributed by atoms with van der Waals surface area (Å²) < 4.78 is 7.17. The van der Waals surface area contributed by atoms with Crippen LogP contribution in [0, 0.1) is 11.3 Å². The molecule has 0 saturated heterocycles. The highest BCUT2D eigenvalue weighted by Gasteiger charge is 2.25. The molecule has 0 fully saturated rings. The molecule has 1 atom stereocenters. The largest absolute Gasteiger partial charge is 0.461 e. The molecule has 0 N–H and O–H groups in total. The summed E-state index contributed by atoms with van der Waals surface area (Å²) in [6, 6.07) is 15.1. The minimum atomic E-state index is -0.392. The number of rotatable bonds is 7. The smallest absolute Gasteiger partial charge is 0.240 e. The van der Waals surface area contributed by atoms with Crippen LogP contribution in [0.3, 0.4) is 0 Å². The van der Waals surface area contributed by atoms with E-state index in [1.54, 1.807) is 21.8 Å². The lowest BCUT2D eigenvalue weighted by Gasteiger charge is -2.24. The van der Waals surface area contributed by atoms with Gasteiger partial charge in [0.25, 0.3) is 0 Å². The van der Waals surface area contributed by atoms with Crippen LogP contribution in [0.2, 0.25) is 0 Å². The Hall–Kier alpha value is -3.05. The number of hydrogen-bond acceptors (Lipinski definition) is 6. The molecule has 2 aromatic heterocycles. The van der Waals surface area contributed by atoms with Crippen LogP contribution in [0.5, 0.6) is 0 Å². The van der Waals surface area contributed by atoms with Crippen molar-refractivity contribution >= 4 is 23.4 Å². The van der Waals surface area contributed by atoms with Gasteiger partial charge in [-0.3, -0.25) is 4.79 Å². The molecule has 2 heterocycles. The summed E-state index contributed by atoms with van der Waals surface area (Å²) >= 11 is 1.33. The quantitative estimate of drug-likeness (QED) is 0.582. The minimum Gasteiger partial charge on any atom is -0.461 e. The SMILES string of the molecule is C[C@@H](Sc1nnc(-c2ccco2)n1C)C(=O)N(CCC#N)c1ccccc1. The average Bonchev–Trinajstić information content (AvgIpc) is 3.33. The highest BCUT2D eigenvalue weighted by Crippen LogP contribution is 2.28. The number of anilines is 1. The standard InChI is InChI=1S/C19H19N5O2S/c1-14(18(25)24(12-7-11-20)15-8-4-3-5-9-15)27-19-22-21-17(23(19)2)16-10-6-13-26-16/h3-6,8-10,13-14H,7,12H2,1-2H3/t14-/m1/s1. The molecular formula is C19H19N5O2S. The number of furan rings is 1. The van der Waals surface area contributed by atoms with Crippen LogP contribution >= 0.6 is 11.8 Å². The Bertz CT molecular complexity index is 931. The summed E-state index contributed by atoms with van der Waals surface area (Å²) in [5.41, 5.74) is 0.777. The number of amides is 1. The highest BCUT2D eigenvalue weighted by atomic mass is 32.2. The molecule has 0 aliphatic carbocycles. The van der Waals surface area contributed by atoms with E-state index in [-0.39, 0.29) is 12.3 Å². The van der Waals surface area contributed by atoms with Gasteiger partial charge in [0.1, 0.15) is 0 Å². The zero-order valence-electron chi connectivity index (χ0n) is 15.1. The first kappa shape index (κ1) is 18.7. The van der Waals surface area contributed by atoms with E-state index in [1.165, 1.54) is 11.8 Å². The maximum atomic E-state index is 13.0. The number of carbonyl (C=O) groups is 1. The van der Waals surface area contributed by atoms with Crippen LogP contribution in [0.1, 0.15) is 13.3 Å². The van der Waals surface area contributed by atoms with E-state index in [0.29, 0.717) is 23.3 Å². The summed E-state index contributed by atoms with van der Waals surface area (Å²) in [5.74, 6) is 1.14. The van der Waals surface area contributed by atoms with Gasteiger partial charge in [-0.05, 0) is 31.2 Å². The Balaban J connectivity index is 1.77. The maximum absolute atomic E-state index is 13.0. The highest BCUT2D eigenvalue weighted by molar-refractivity contribution is 8.00. The summed E-state index contributed by atoms with van der Waals surface area (Å²) in [6.07, 6.45) is 1.85. The van der Waals surface area contributed by atoms with Crippen molar-refractivity contribution in [2.45, 2.75) is 23.8 Å². The van der Waals surface area contributed by atoms with Gasteiger partial charge in [0, 0.05) is 19.3 Å². The number of benzene rings is 1. The Labute approximate surface area is 161 Å². The van der Waals surface area contributed by atoms with Crippen molar-refractivity contribution in [2.24, 2.45) is 7.05 Å². The molecule has 3 rings (SSSR count). The molecule has 8 heteroatoms. The second kappa shape index (κ2) is 8.56. The Kier molecular flexibility index (Phi) is 5.94. The monoisotopic (exact) mass is 381 g/mol. The number of aromatic nitrogens is 3. The van der Waals surface area contributed by atoms with Gasteiger partial charge >= 0.3 is 0 Å². The normalized spacial score (nSPS) is 11.7. The molecule has 7 nitrogen and oxygen atoms in total. The Morgan fingerprint density at radius 3 is 2.74 bits per heavy atom. The van der Waals surface area contributed by atoms with Crippen molar-refractivity contribution in [3.05, 3.63) is 48.7 Å². The summed E-state index contributed by atoms with van der Waals surface area (Å²) in [6.45, 7) is 2.18. The molecule has 0 saturated carbocycles. The lowest BCUT2D eigenvalue weighted by Crippen LogP contribution is -2.37. The number of nitrogens with zero attached hydrogens (tertiary/aromatic N) is 5. The number of nitriles is 1. The molecule has 0 aliphatic rings. The van der Waals surface area contributed by atoms with E-state index < -0.39 is 5.25 Å². The fraction of sp³-hybridized carbons (Fsp3) is 0.263. The van der Waals surface area contributed by atoms with Crippen molar-refractivity contribution in [2.75, 3.05) is 11.4 Å². The average molecular weight is 381 g/mol. The van der Waals surface area contributed by atoms with Crippen LogP contribution in [-0.4, -0.2) is 32.5 Å². The zero-order valence-corrected chi connectivity index (χ0v) is 15.9. The third kappa shape index (κ3) is 4.20. The molecule has 0 radical (unpaired) electrons. The van der Waals surface area contributed by atoms with Crippen molar-refractivity contribution in [3.8, 4) is 17.7 Å². The molecule has 1 amide bonds. The van der Waals surface area contributed by atoms with E-state index in [2.05, 4.69) is 16.3 Å². The zero-order chi connectivity index (χ0) is 19.2. The van der Waals surface area contributed by atoms with Crippen LogP contribution in [-0.2, 0) is 11.8 Å². The molecule has 3 aromatic rings. The van der Waals surface area contributed by atoms with Crippen molar-refractivity contribution in [3.63, 3.8) is 0 Å². The minimum absolute atomic E-state index is 0.0796. The molecule has 27 heavy (non-hydrogen) atoms. The first-order chi connectivity index (χ1) is 13.1. The van der Waals surface area contributed by atoms with Gasteiger partial charge in [0.15, 0.2) is 16.7 Å². The predicted molar refractivity (Wildman–Crippen MR) is 103 cm³/mol. The van der Waals surface area contributed by atoms with Gasteiger partial charge in [-0.2, -0.15) is 5.26 Å². The summed E-state index contributed by atoms with van der Waals surface area (Å²) in [5, 5.41) is 17.5. The predicted octanol–water partition coefficient (Wildman–Crippen LogP) is 3.50. The van der Waals surface area contributed by atoms with E-state index in [0.717, 1.165) is 5.69 Å². The van der Waals surface area contributed by atoms with Crippen LogP contribution < -0.4 is 4.90 Å². The van der Waals surface area contributed by atoms with Gasteiger partial charge in [0.05, 0.1) is 24.0 Å². The van der Waals surface area contributed by atoms with E-state index in [9.17, 15) is 4.79 Å².